The van der Waals surface area contributed by atoms with Gasteiger partial charge in [-0.2, -0.15) is 0 Å². The number of rotatable bonds is 11. The molecule has 0 fully saturated rings. The number of halogens is 1. The summed E-state index contributed by atoms with van der Waals surface area (Å²) in [6.07, 6.45) is 2.21. The van der Waals surface area contributed by atoms with Crippen LogP contribution in [0.3, 0.4) is 0 Å². The number of nitrogens with one attached hydrogen (secondary N) is 1. The third-order valence-electron chi connectivity index (χ3n) is 3.51. The molecule has 120 valence electrons. The van der Waals surface area contributed by atoms with Gasteiger partial charge in [0, 0.05) is 24.2 Å². The van der Waals surface area contributed by atoms with Crippen molar-refractivity contribution in [3.05, 3.63) is 34.9 Å². The summed E-state index contributed by atoms with van der Waals surface area (Å²) in [6.45, 7) is 8.86. The average Bonchev–Trinajstić information content (AvgIpc) is 2.47. The lowest BCUT2D eigenvalue weighted by Crippen LogP contribution is -2.29. The Bertz CT molecular complexity index is 387. The molecule has 0 spiro atoms. The van der Waals surface area contributed by atoms with Gasteiger partial charge in [-0.1, -0.05) is 30.7 Å². The Morgan fingerprint density at radius 1 is 1.29 bits per heavy atom. The molecule has 1 aromatic carbocycles. The van der Waals surface area contributed by atoms with Crippen molar-refractivity contribution in [3.63, 3.8) is 0 Å². The van der Waals surface area contributed by atoms with E-state index in [1.165, 1.54) is 5.56 Å². The highest BCUT2D eigenvalue weighted by molar-refractivity contribution is 6.30. The molecule has 1 unspecified atom stereocenters. The summed E-state index contributed by atoms with van der Waals surface area (Å²) in [5, 5.41) is 4.43. The molecule has 0 bridgehead atoms. The zero-order chi connectivity index (χ0) is 15.5. The van der Waals surface area contributed by atoms with Gasteiger partial charge in [-0.05, 0) is 57.6 Å². The summed E-state index contributed by atoms with van der Waals surface area (Å²) in [4.78, 5) is 2.32. The Hall–Kier alpha value is -0.610. The van der Waals surface area contributed by atoms with E-state index < -0.39 is 0 Å². The molecule has 0 aromatic heterocycles. The van der Waals surface area contributed by atoms with Crippen molar-refractivity contribution in [3.8, 4) is 0 Å². The van der Waals surface area contributed by atoms with E-state index in [0.717, 1.165) is 50.7 Å². The predicted octanol–water partition coefficient (Wildman–Crippen LogP) is 3.74. The number of hydrogen-bond donors (Lipinski definition) is 1. The second-order valence-electron chi connectivity index (χ2n) is 5.35. The van der Waals surface area contributed by atoms with Crippen LogP contribution in [0.25, 0.3) is 0 Å². The molecule has 0 aliphatic rings. The molecule has 0 radical (unpaired) electrons. The third-order valence-corrected chi connectivity index (χ3v) is 3.75. The van der Waals surface area contributed by atoms with Crippen molar-refractivity contribution in [2.75, 3.05) is 39.9 Å². The number of nitrogens with zero attached hydrogens (tertiary/aromatic N) is 1. The summed E-state index contributed by atoms with van der Waals surface area (Å²) in [5.74, 6) is 0. The minimum absolute atomic E-state index is 0.359. The van der Waals surface area contributed by atoms with Gasteiger partial charge in [-0.25, -0.2) is 0 Å². The lowest BCUT2D eigenvalue weighted by atomic mass is 10.0. The fraction of sp³-hybridized carbons (Fsp3) is 0.647. The van der Waals surface area contributed by atoms with Crippen molar-refractivity contribution >= 4 is 11.6 Å². The first-order valence-corrected chi connectivity index (χ1v) is 8.30. The first-order chi connectivity index (χ1) is 10.2. The van der Waals surface area contributed by atoms with E-state index >= 15 is 0 Å². The highest BCUT2D eigenvalue weighted by Crippen LogP contribution is 2.20. The minimum Gasteiger partial charge on any atom is -0.380 e. The predicted molar refractivity (Wildman–Crippen MR) is 91.1 cm³/mol. The second-order valence-corrected chi connectivity index (χ2v) is 5.79. The monoisotopic (exact) mass is 312 g/mol. The summed E-state index contributed by atoms with van der Waals surface area (Å²) in [6, 6.07) is 8.53. The summed E-state index contributed by atoms with van der Waals surface area (Å²) >= 11 is 6.12. The van der Waals surface area contributed by atoms with Crippen LogP contribution >= 0.6 is 11.6 Å². The van der Waals surface area contributed by atoms with Crippen LogP contribution in [0.1, 0.15) is 38.3 Å². The average molecular weight is 313 g/mol. The lowest BCUT2D eigenvalue weighted by Gasteiger charge is -2.23. The Morgan fingerprint density at radius 2 is 2.10 bits per heavy atom. The van der Waals surface area contributed by atoms with Gasteiger partial charge in [0.05, 0.1) is 6.61 Å². The fourth-order valence-electron chi connectivity index (χ4n) is 2.25. The number of likely N-dealkylation sites (N-methyl/N-ethyl adjacent to an activating group) is 1. The van der Waals surface area contributed by atoms with Gasteiger partial charge < -0.3 is 15.0 Å². The molecule has 0 saturated heterocycles. The highest BCUT2D eigenvalue weighted by atomic mass is 35.5. The number of ether oxygens (including phenoxy) is 1. The Balaban J connectivity index is 2.50. The van der Waals surface area contributed by atoms with E-state index in [0.29, 0.717) is 6.04 Å². The van der Waals surface area contributed by atoms with Crippen molar-refractivity contribution < 1.29 is 4.74 Å². The van der Waals surface area contributed by atoms with Crippen LogP contribution in [0.2, 0.25) is 5.02 Å². The van der Waals surface area contributed by atoms with Crippen molar-refractivity contribution in [2.45, 2.75) is 32.7 Å². The van der Waals surface area contributed by atoms with Gasteiger partial charge in [-0.15, -0.1) is 0 Å². The maximum Gasteiger partial charge on any atom is 0.0593 e. The van der Waals surface area contributed by atoms with Crippen molar-refractivity contribution in [1.29, 1.82) is 0 Å². The Labute approximate surface area is 134 Å². The van der Waals surface area contributed by atoms with Crippen molar-refractivity contribution in [2.24, 2.45) is 0 Å². The molecule has 0 amide bonds. The second kappa shape index (κ2) is 11.0. The van der Waals surface area contributed by atoms with Gasteiger partial charge in [0.1, 0.15) is 0 Å². The topological polar surface area (TPSA) is 24.5 Å². The Kier molecular flexibility index (Phi) is 9.68. The van der Waals surface area contributed by atoms with Crippen LogP contribution in [0.15, 0.2) is 24.3 Å². The zero-order valence-corrected chi connectivity index (χ0v) is 14.3. The van der Waals surface area contributed by atoms with Gasteiger partial charge >= 0.3 is 0 Å². The van der Waals surface area contributed by atoms with Crippen LogP contribution in [0.4, 0.5) is 0 Å². The molecule has 4 heteroatoms. The molecule has 0 aliphatic carbocycles. The van der Waals surface area contributed by atoms with E-state index in [2.05, 4.69) is 36.3 Å². The van der Waals surface area contributed by atoms with E-state index in [4.69, 9.17) is 16.3 Å². The molecule has 1 atom stereocenters. The molecular weight excluding hydrogens is 284 g/mol. The lowest BCUT2D eigenvalue weighted by molar-refractivity contribution is 0.121. The van der Waals surface area contributed by atoms with Gasteiger partial charge in [-0.3, -0.25) is 0 Å². The van der Waals surface area contributed by atoms with Gasteiger partial charge in [0.15, 0.2) is 0 Å². The van der Waals surface area contributed by atoms with Crippen LogP contribution in [0.5, 0.6) is 0 Å². The maximum atomic E-state index is 6.12. The third kappa shape index (κ3) is 7.82. The molecule has 21 heavy (non-hydrogen) atoms. The number of benzene rings is 1. The van der Waals surface area contributed by atoms with E-state index in [1.807, 2.05) is 19.1 Å². The highest BCUT2D eigenvalue weighted by Gasteiger charge is 2.12. The van der Waals surface area contributed by atoms with Gasteiger partial charge in [0.2, 0.25) is 0 Å². The van der Waals surface area contributed by atoms with Crippen molar-refractivity contribution in [1.82, 2.24) is 10.2 Å². The molecule has 0 heterocycles. The Morgan fingerprint density at radius 3 is 2.76 bits per heavy atom. The maximum absolute atomic E-state index is 6.12. The van der Waals surface area contributed by atoms with E-state index in [-0.39, 0.29) is 0 Å². The SMILES string of the molecule is CCCNC(CCN(C)CCOCC)c1cccc(Cl)c1. The minimum atomic E-state index is 0.359. The normalized spacial score (nSPS) is 12.8. The van der Waals surface area contributed by atoms with E-state index in [1.54, 1.807) is 0 Å². The first kappa shape index (κ1) is 18.4. The fourth-order valence-corrected chi connectivity index (χ4v) is 2.45. The molecular formula is C17H29ClN2O. The molecule has 0 saturated carbocycles. The molecule has 1 aromatic rings. The van der Waals surface area contributed by atoms with E-state index in [9.17, 15) is 0 Å². The quantitative estimate of drug-likeness (QED) is 0.630. The van der Waals surface area contributed by atoms with Gasteiger partial charge in [0.25, 0.3) is 0 Å². The summed E-state index contributed by atoms with van der Waals surface area (Å²) in [7, 11) is 2.15. The smallest absolute Gasteiger partial charge is 0.0593 e. The summed E-state index contributed by atoms with van der Waals surface area (Å²) in [5.41, 5.74) is 1.27. The standard InChI is InChI=1S/C17H29ClN2O/c1-4-10-19-17(15-7-6-8-16(18)14-15)9-11-20(3)12-13-21-5-2/h6-8,14,17,19H,4-5,9-13H2,1-3H3. The molecule has 3 nitrogen and oxygen atoms in total. The summed E-state index contributed by atoms with van der Waals surface area (Å²) < 4.78 is 5.40. The molecule has 1 rings (SSSR count). The first-order valence-electron chi connectivity index (χ1n) is 7.92. The van der Waals surface area contributed by atoms with Crippen LogP contribution in [-0.4, -0.2) is 44.8 Å². The zero-order valence-electron chi connectivity index (χ0n) is 13.6. The largest absolute Gasteiger partial charge is 0.380 e. The molecule has 1 N–H and O–H groups in total. The van der Waals surface area contributed by atoms with Crippen LogP contribution < -0.4 is 5.32 Å². The van der Waals surface area contributed by atoms with Crippen LogP contribution in [-0.2, 0) is 4.74 Å². The van der Waals surface area contributed by atoms with Crippen LogP contribution in [0, 0.1) is 0 Å². The number of hydrogen-bond acceptors (Lipinski definition) is 3. The molecule has 0 aliphatic heterocycles.